The molecule has 0 aliphatic carbocycles. The van der Waals surface area contributed by atoms with E-state index in [1.165, 1.54) is 4.90 Å². The summed E-state index contributed by atoms with van der Waals surface area (Å²) in [6.45, 7) is 0. The van der Waals surface area contributed by atoms with Crippen molar-refractivity contribution in [2.75, 3.05) is 10.2 Å². The molecule has 118 valence electrons. The third-order valence-electron chi connectivity index (χ3n) is 4.25. The average molecular weight is 316 g/mol. The third kappa shape index (κ3) is 2.52. The van der Waals surface area contributed by atoms with Gasteiger partial charge in [0.15, 0.2) is 0 Å². The van der Waals surface area contributed by atoms with Gasteiger partial charge in [-0.3, -0.25) is 9.59 Å². The van der Waals surface area contributed by atoms with Crippen LogP contribution in [0.3, 0.4) is 0 Å². The van der Waals surface area contributed by atoms with Crippen molar-refractivity contribution in [3.8, 4) is 0 Å². The molecule has 4 heteroatoms. The van der Waals surface area contributed by atoms with Crippen molar-refractivity contribution in [3.05, 3.63) is 72.8 Å². The first kappa shape index (κ1) is 14.5. The Balaban J connectivity index is 1.58. The number of amides is 2. The lowest BCUT2D eigenvalue weighted by atomic mass is 10.1. The molecule has 3 aromatic carbocycles. The number of rotatable bonds is 3. The molecule has 0 spiro atoms. The van der Waals surface area contributed by atoms with E-state index < -0.39 is 6.04 Å². The van der Waals surface area contributed by atoms with E-state index in [4.69, 9.17) is 0 Å². The van der Waals surface area contributed by atoms with Gasteiger partial charge in [-0.2, -0.15) is 0 Å². The smallest absolute Gasteiger partial charge is 0.256 e. The summed E-state index contributed by atoms with van der Waals surface area (Å²) in [5.41, 5.74) is 1.46. The summed E-state index contributed by atoms with van der Waals surface area (Å²) in [6, 6.07) is 22.5. The second kappa shape index (κ2) is 5.81. The molecule has 24 heavy (non-hydrogen) atoms. The molecule has 3 aromatic rings. The van der Waals surface area contributed by atoms with Crippen molar-refractivity contribution in [3.63, 3.8) is 0 Å². The van der Waals surface area contributed by atoms with Gasteiger partial charge in [0.25, 0.3) is 5.91 Å². The predicted molar refractivity (Wildman–Crippen MR) is 94.9 cm³/mol. The number of anilines is 2. The summed E-state index contributed by atoms with van der Waals surface area (Å²) in [5, 5.41) is 5.44. The number of carbonyl (C=O) groups is 2. The van der Waals surface area contributed by atoms with Gasteiger partial charge < -0.3 is 5.32 Å². The van der Waals surface area contributed by atoms with Crippen molar-refractivity contribution in [1.29, 1.82) is 0 Å². The molecule has 0 unspecified atom stereocenters. The van der Waals surface area contributed by atoms with Crippen LogP contribution in [0.4, 0.5) is 11.4 Å². The van der Waals surface area contributed by atoms with Gasteiger partial charge in [0.05, 0.1) is 12.1 Å². The van der Waals surface area contributed by atoms with E-state index in [-0.39, 0.29) is 18.2 Å². The quantitative estimate of drug-likeness (QED) is 0.751. The van der Waals surface area contributed by atoms with E-state index >= 15 is 0 Å². The van der Waals surface area contributed by atoms with Crippen LogP contribution in [0.25, 0.3) is 10.8 Å². The van der Waals surface area contributed by atoms with Crippen molar-refractivity contribution in [1.82, 2.24) is 0 Å². The first-order chi connectivity index (χ1) is 11.7. The molecule has 0 saturated carbocycles. The summed E-state index contributed by atoms with van der Waals surface area (Å²) in [4.78, 5) is 26.2. The second-order valence-electron chi connectivity index (χ2n) is 5.87. The van der Waals surface area contributed by atoms with Crippen LogP contribution in [0.2, 0.25) is 0 Å². The van der Waals surface area contributed by atoms with Gasteiger partial charge in [0, 0.05) is 5.69 Å². The molecule has 1 heterocycles. The lowest BCUT2D eigenvalue weighted by molar-refractivity contribution is -0.121. The molecular weight excluding hydrogens is 300 g/mol. The Labute approximate surface area is 139 Å². The standard InChI is InChI=1S/C20H16N2O2/c23-19-13-18(20(24)22(19)17-8-2-1-3-9-17)21-16-11-10-14-6-4-5-7-15(14)12-16/h1-12,18,21H,13H2/t18-/m1/s1. The molecule has 0 bridgehead atoms. The van der Waals surface area contributed by atoms with Crippen LogP contribution in [-0.2, 0) is 9.59 Å². The Hall–Kier alpha value is -3.14. The van der Waals surface area contributed by atoms with Crippen molar-refractivity contribution >= 4 is 34.0 Å². The van der Waals surface area contributed by atoms with Crippen molar-refractivity contribution < 1.29 is 9.59 Å². The summed E-state index contributed by atoms with van der Waals surface area (Å²) in [5.74, 6) is -0.385. The van der Waals surface area contributed by atoms with E-state index in [1.807, 2.05) is 60.7 Å². The number of nitrogens with one attached hydrogen (secondary N) is 1. The highest BCUT2D eigenvalue weighted by molar-refractivity contribution is 6.23. The largest absolute Gasteiger partial charge is 0.373 e. The Morgan fingerprint density at radius 3 is 2.33 bits per heavy atom. The van der Waals surface area contributed by atoms with E-state index in [1.54, 1.807) is 12.1 Å². The number of hydrogen-bond acceptors (Lipinski definition) is 3. The van der Waals surface area contributed by atoms with Gasteiger partial charge in [0.1, 0.15) is 6.04 Å². The van der Waals surface area contributed by atoms with E-state index in [2.05, 4.69) is 5.32 Å². The zero-order valence-electron chi connectivity index (χ0n) is 13.0. The molecule has 2 amide bonds. The molecule has 4 nitrogen and oxygen atoms in total. The maximum atomic E-state index is 12.6. The first-order valence-corrected chi connectivity index (χ1v) is 7.89. The van der Waals surface area contributed by atoms with Crippen LogP contribution in [0, 0.1) is 0 Å². The number of benzene rings is 3. The van der Waals surface area contributed by atoms with Crippen LogP contribution >= 0.6 is 0 Å². The Morgan fingerprint density at radius 1 is 0.833 bits per heavy atom. The SMILES string of the molecule is O=C1C[C@@H](Nc2ccc3ccccc3c2)C(=O)N1c1ccccc1. The number of fused-ring (bicyclic) bond motifs is 1. The Bertz CT molecular complexity index is 921. The number of hydrogen-bond donors (Lipinski definition) is 1. The summed E-state index contributed by atoms with van der Waals surface area (Å²) in [7, 11) is 0. The Kier molecular flexibility index (Phi) is 3.50. The summed E-state index contributed by atoms with van der Waals surface area (Å²) >= 11 is 0. The minimum absolute atomic E-state index is 0.167. The molecule has 1 saturated heterocycles. The fourth-order valence-corrected chi connectivity index (χ4v) is 3.07. The minimum atomic E-state index is -0.529. The molecular formula is C20H16N2O2. The van der Waals surface area contributed by atoms with Crippen LogP contribution in [-0.4, -0.2) is 17.9 Å². The molecule has 1 N–H and O–H groups in total. The van der Waals surface area contributed by atoms with E-state index in [9.17, 15) is 9.59 Å². The fourth-order valence-electron chi connectivity index (χ4n) is 3.07. The monoisotopic (exact) mass is 316 g/mol. The van der Waals surface area contributed by atoms with Gasteiger partial charge >= 0.3 is 0 Å². The molecule has 4 rings (SSSR count). The highest BCUT2D eigenvalue weighted by Crippen LogP contribution is 2.26. The summed E-state index contributed by atoms with van der Waals surface area (Å²) < 4.78 is 0. The molecule has 1 aliphatic rings. The van der Waals surface area contributed by atoms with Gasteiger partial charge in [-0.25, -0.2) is 4.90 Å². The lowest BCUT2D eigenvalue weighted by Crippen LogP contribution is -2.34. The maximum Gasteiger partial charge on any atom is 0.256 e. The maximum absolute atomic E-state index is 12.6. The highest BCUT2D eigenvalue weighted by Gasteiger charge is 2.39. The van der Waals surface area contributed by atoms with E-state index in [0.717, 1.165) is 16.5 Å². The fraction of sp³-hybridized carbons (Fsp3) is 0.100. The third-order valence-corrected chi connectivity index (χ3v) is 4.25. The molecule has 1 aliphatic heterocycles. The minimum Gasteiger partial charge on any atom is -0.373 e. The van der Waals surface area contributed by atoms with Gasteiger partial charge in [-0.05, 0) is 35.0 Å². The normalized spacial score (nSPS) is 17.5. The predicted octanol–water partition coefficient (Wildman–Crippen LogP) is 3.58. The first-order valence-electron chi connectivity index (χ1n) is 7.89. The van der Waals surface area contributed by atoms with Crippen molar-refractivity contribution in [2.24, 2.45) is 0 Å². The van der Waals surface area contributed by atoms with Crippen LogP contribution in [0.5, 0.6) is 0 Å². The molecule has 1 atom stereocenters. The number of carbonyl (C=O) groups excluding carboxylic acids is 2. The number of imide groups is 1. The zero-order valence-corrected chi connectivity index (χ0v) is 13.0. The number of para-hydroxylation sites is 1. The molecule has 0 radical (unpaired) electrons. The van der Waals surface area contributed by atoms with Gasteiger partial charge in [-0.15, -0.1) is 0 Å². The Morgan fingerprint density at radius 2 is 1.54 bits per heavy atom. The summed E-state index contributed by atoms with van der Waals surface area (Å²) in [6.07, 6.45) is 0.167. The molecule has 1 fully saturated rings. The molecule has 0 aromatic heterocycles. The highest BCUT2D eigenvalue weighted by atomic mass is 16.2. The van der Waals surface area contributed by atoms with Gasteiger partial charge in [0.2, 0.25) is 5.91 Å². The van der Waals surface area contributed by atoms with Crippen LogP contribution in [0.15, 0.2) is 72.8 Å². The second-order valence-corrected chi connectivity index (χ2v) is 5.87. The van der Waals surface area contributed by atoms with Crippen LogP contribution < -0.4 is 10.2 Å². The average Bonchev–Trinajstić information content (AvgIpc) is 2.89. The lowest BCUT2D eigenvalue weighted by Gasteiger charge is -2.16. The zero-order chi connectivity index (χ0) is 16.5. The number of nitrogens with zero attached hydrogens (tertiary/aromatic N) is 1. The van der Waals surface area contributed by atoms with Gasteiger partial charge in [-0.1, -0.05) is 48.5 Å². The van der Waals surface area contributed by atoms with Crippen LogP contribution in [0.1, 0.15) is 6.42 Å². The van der Waals surface area contributed by atoms with E-state index in [0.29, 0.717) is 5.69 Å². The topological polar surface area (TPSA) is 49.4 Å². The van der Waals surface area contributed by atoms with Crippen molar-refractivity contribution in [2.45, 2.75) is 12.5 Å².